The Balaban J connectivity index is 2.13. The van der Waals surface area contributed by atoms with Crippen LogP contribution >= 0.6 is 11.5 Å². The van der Waals surface area contributed by atoms with Crippen LogP contribution in [0, 0.1) is 0 Å². The number of ether oxygens (including phenoxy) is 1. The average molecular weight is 257 g/mol. The summed E-state index contributed by atoms with van der Waals surface area (Å²) in [6.45, 7) is 0.654. The normalized spacial score (nSPS) is 18.6. The molecule has 1 aliphatic heterocycles. The maximum atomic E-state index is 11.8. The summed E-state index contributed by atoms with van der Waals surface area (Å²) in [6, 6.07) is 0. The lowest BCUT2D eigenvalue weighted by molar-refractivity contribution is -0.148. The van der Waals surface area contributed by atoms with Crippen molar-refractivity contribution in [3.05, 3.63) is 11.1 Å². The zero-order valence-electron chi connectivity index (χ0n) is 8.88. The zero-order valence-corrected chi connectivity index (χ0v) is 9.70. The molecule has 2 rings (SSSR count). The van der Waals surface area contributed by atoms with Crippen LogP contribution in [-0.2, 0) is 9.53 Å². The second kappa shape index (κ2) is 4.76. The van der Waals surface area contributed by atoms with E-state index in [-0.39, 0.29) is 12.8 Å². The van der Waals surface area contributed by atoms with Gasteiger partial charge >= 0.3 is 5.97 Å². The maximum Gasteiger partial charge on any atom is 0.329 e. The molecule has 0 aromatic carbocycles. The van der Waals surface area contributed by atoms with Crippen molar-refractivity contribution in [2.75, 3.05) is 13.2 Å². The minimum Gasteiger partial charge on any atom is -0.480 e. The standard InChI is InChI=1S/C9H11N3O4S/c13-7(6-5-10-12-17-6)11-9(8(14)15)1-3-16-4-2-9/h5H,1-4H2,(H,11,13)(H,14,15). The van der Waals surface area contributed by atoms with Gasteiger partial charge in [0.05, 0.1) is 6.20 Å². The Morgan fingerprint density at radius 1 is 1.47 bits per heavy atom. The molecule has 2 heterocycles. The number of aliphatic carboxylic acids is 1. The SMILES string of the molecule is O=C(NC1(C(=O)O)CCOCC1)c1cnns1. The van der Waals surface area contributed by atoms with E-state index in [1.54, 1.807) is 0 Å². The highest BCUT2D eigenvalue weighted by atomic mass is 32.1. The number of nitrogens with one attached hydrogen (secondary N) is 1. The summed E-state index contributed by atoms with van der Waals surface area (Å²) in [4.78, 5) is 23.4. The van der Waals surface area contributed by atoms with Crippen LogP contribution in [0.25, 0.3) is 0 Å². The van der Waals surface area contributed by atoms with E-state index >= 15 is 0 Å². The number of rotatable bonds is 3. The molecule has 2 N–H and O–H groups in total. The summed E-state index contributed by atoms with van der Waals surface area (Å²) in [5.74, 6) is -1.49. The molecule has 0 unspecified atom stereocenters. The fourth-order valence-corrected chi connectivity index (χ4v) is 2.07. The van der Waals surface area contributed by atoms with Gasteiger partial charge in [-0.1, -0.05) is 4.49 Å². The number of carbonyl (C=O) groups excluding carboxylic acids is 1. The highest BCUT2D eigenvalue weighted by Crippen LogP contribution is 2.22. The molecule has 1 aromatic heterocycles. The Labute approximate surface area is 101 Å². The van der Waals surface area contributed by atoms with Crippen molar-refractivity contribution in [1.82, 2.24) is 14.9 Å². The van der Waals surface area contributed by atoms with Crippen molar-refractivity contribution in [3.8, 4) is 0 Å². The molecule has 0 bridgehead atoms. The van der Waals surface area contributed by atoms with Crippen LogP contribution in [0.3, 0.4) is 0 Å². The first-order valence-corrected chi connectivity index (χ1v) is 5.82. The zero-order chi connectivity index (χ0) is 12.3. The molecule has 17 heavy (non-hydrogen) atoms. The van der Waals surface area contributed by atoms with E-state index in [1.165, 1.54) is 6.20 Å². The van der Waals surface area contributed by atoms with Crippen LogP contribution in [0.5, 0.6) is 0 Å². The molecule has 1 aromatic rings. The van der Waals surface area contributed by atoms with Gasteiger partial charge in [0.25, 0.3) is 5.91 Å². The summed E-state index contributed by atoms with van der Waals surface area (Å²) in [7, 11) is 0. The highest BCUT2D eigenvalue weighted by molar-refractivity contribution is 7.07. The molecule has 1 fully saturated rings. The molecule has 0 saturated carbocycles. The monoisotopic (exact) mass is 257 g/mol. The second-order valence-corrected chi connectivity index (χ2v) is 4.52. The highest BCUT2D eigenvalue weighted by Gasteiger charge is 2.41. The lowest BCUT2D eigenvalue weighted by atomic mass is 9.90. The fourth-order valence-electron chi connectivity index (χ4n) is 1.66. The van der Waals surface area contributed by atoms with Crippen molar-refractivity contribution in [3.63, 3.8) is 0 Å². The van der Waals surface area contributed by atoms with E-state index in [9.17, 15) is 14.7 Å². The van der Waals surface area contributed by atoms with Crippen LogP contribution in [0.1, 0.15) is 22.5 Å². The smallest absolute Gasteiger partial charge is 0.329 e. The summed E-state index contributed by atoms with van der Waals surface area (Å²) in [6.07, 6.45) is 1.84. The molecule has 92 valence electrons. The molecule has 1 saturated heterocycles. The molecule has 0 spiro atoms. The van der Waals surface area contributed by atoms with E-state index in [0.717, 1.165) is 11.5 Å². The summed E-state index contributed by atoms with van der Waals surface area (Å²) < 4.78 is 8.67. The molecule has 1 amide bonds. The van der Waals surface area contributed by atoms with E-state index in [2.05, 4.69) is 14.9 Å². The van der Waals surface area contributed by atoms with Gasteiger partial charge < -0.3 is 15.2 Å². The number of hydrogen-bond donors (Lipinski definition) is 2. The lowest BCUT2D eigenvalue weighted by Crippen LogP contribution is -2.57. The van der Waals surface area contributed by atoms with Crippen molar-refractivity contribution in [1.29, 1.82) is 0 Å². The average Bonchev–Trinajstić information content (AvgIpc) is 2.83. The van der Waals surface area contributed by atoms with Crippen molar-refractivity contribution in [2.45, 2.75) is 18.4 Å². The number of amides is 1. The van der Waals surface area contributed by atoms with Crippen molar-refractivity contribution in [2.24, 2.45) is 0 Å². The predicted molar refractivity (Wildman–Crippen MR) is 57.8 cm³/mol. The van der Waals surface area contributed by atoms with Gasteiger partial charge in [-0.25, -0.2) is 4.79 Å². The third kappa shape index (κ3) is 2.42. The number of nitrogens with zero attached hydrogens (tertiary/aromatic N) is 2. The summed E-state index contributed by atoms with van der Waals surface area (Å²) in [5.41, 5.74) is -1.24. The van der Waals surface area contributed by atoms with Gasteiger partial charge in [-0.05, 0) is 11.5 Å². The number of carboxylic acids is 1. The van der Waals surface area contributed by atoms with E-state index < -0.39 is 17.4 Å². The summed E-state index contributed by atoms with van der Waals surface area (Å²) in [5, 5.41) is 15.3. The molecule has 0 radical (unpaired) electrons. The van der Waals surface area contributed by atoms with E-state index in [1.807, 2.05) is 0 Å². The first-order chi connectivity index (χ1) is 8.14. The Bertz CT molecular complexity index is 414. The number of carbonyl (C=O) groups is 2. The van der Waals surface area contributed by atoms with E-state index in [0.29, 0.717) is 18.1 Å². The van der Waals surface area contributed by atoms with Crippen LogP contribution in [0.2, 0.25) is 0 Å². The lowest BCUT2D eigenvalue weighted by Gasteiger charge is -2.33. The molecule has 1 aliphatic rings. The number of hydrogen-bond acceptors (Lipinski definition) is 6. The quantitative estimate of drug-likeness (QED) is 0.784. The van der Waals surface area contributed by atoms with Crippen LogP contribution in [-0.4, -0.2) is 45.3 Å². The maximum absolute atomic E-state index is 11.8. The van der Waals surface area contributed by atoms with Gasteiger partial charge in [-0.3, -0.25) is 4.79 Å². The molecule has 8 heteroatoms. The van der Waals surface area contributed by atoms with Crippen molar-refractivity contribution >= 4 is 23.4 Å². The molecule has 0 atom stereocenters. The van der Waals surface area contributed by atoms with Gasteiger partial charge in [0.1, 0.15) is 10.4 Å². The van der Waals surface area contributed by atoms with Crippen LogP contribution < -0.4 is 5.32 Å². The third-order valence-corrected chi connectivity index (χ3v) is 3.36. The summed E-state index contributed by atoms with van der Waals surface area (Å²) >= 11 is 0.933. The van der Waals surface area contributed by atoms with Gasteiger partial charge in [0, 0.05) is 26.1 Å². The van der Waals surface area contributed by atoms with Gasteiger partial charge in [0.15, 0.2) is 0 Å². The Hall–Kier alpha value is -1.54. The third-order valence-electron chi connectivity index (χ3n) is 2.69. The van der Waals surface area contributed by atoms with Crippen LogP contribution in [0.4, 0.5) is 0 Å². The van der Waals surface area contributed by atoms with Gasteiger partial charge in [-0.2, -0.15) is 0 Å². The second-order valence-electron chi connectivity index (χ2n) is 3.74. The van der Waals surface area contributed by atoms with Crippen LogP contribution in [0.15, 0.2) is 6.20 Å². The minimum atomic E-state index is -1.24. The molecule has 7 nitrogen and oxygen atoms in total. The largest absolute Gasteiger partial charge is 0.480 e. The molecule has 0 aliphatic carbocycles. The Morgan fingerprint density at radius 3 is 2.71 bits per heavy atom. The van der Waals surface area contributed by atoms with Gasteiger partial charge in [0.2, 0.25) is 0 Å². The Kier molecular flexibility index (Phi) is 3.34. The predicted octanol–water partition coefficient (Wildman–Crippen LogP) is -0.0983. The Morgan fingerprint density at radius 2 is 2.18 bits per heavy atom. The first-order valence-electron chi connectivity index (χ1n) is 5.05. The fraction of sp³-hybridized carbons (Fsp3) is 0.556. The number of aromatic nitrogens is 2. The number of carboxylic acid groups (broad SMARTS) is 1. The van der Waals surface area contributed by atoms with Gasteiger partial charge in [-0.15, -0.1) is 5.10 Å². The first kappa shape index (κ1) is 11.9. The topological polar surface area (TPSA) is 101 Å². The molecular weight excluding hydrogens is 246 g/mol. The van der Waals surface area contributed by atoms with Crippen molar-refractivity contribution < 1.29 is 19.4 Å². The molecular formula is C9H11N3O4S. The minimum absolute atomic E-state index is 0.264. The van der Waals surface area contributed by atoms with E-state index in [4.69, 9.17) is 4.74 Å².